The predicted molar refractivity (Wildman–Crippen MR) is 94.0 cm³/mol. The van der Waals surface area contributed by atoms with Crippen LogP contribution in [-0.2, 0) is 0 Å². The third kappa shape index (κ3) is 4.32. The molecule has 0 heterocycles. The summed E-state index contributed by atoms with van der Waals surface area (Å²) in [5.74, 6) is -0.117. The summed E-state index contributed by atoms with van der Waals surface area (Å²) < 4.78 is 10.6. The maximum Gasteiger partial charge on any atom is 0.343 e. The van der Waals surface area contributed by atoms with Crippen molar-refractivity contribution in [2.45, 2.75) is 6.92 Å². The zero-order valence-corrected chi connectivity index (χ0v) is 13.6. The molecule has 0 atom stereocenters. The number of rotatable bonds is 4. The molecule has 0 radical (unpaired) electrons. The summed E-state index contributed by atoms with van der Waals surface area (Å²) in [6, 6.07) is 22.2. The molecule has 0 saturated carbocycles. The third-order valence-electron chi connectivity index (χ3n) is 3.54. The van der Waals surface area contributed by atoms with Crippen LogP contribution in [0, 0.1) is 6.92 Å². The number of hydrogen-bond acceptors (Lipinski definition) is 4. The van der Waals surface area contributed by atoms with Crippen LogP contribution in [-0.4, -0.2) is 11.9 Å². The Morgan fingerprint density at radius 2 is 1.04 bits per heavy atom. The Morgan fingerprint density at radius 3 is 1.52 bits per heavy atom. The number of carbonyl (C=O) groups is 2. The number of esters is 2. The van der Waals surface area contributed by atoms with Gasteiger partial charge >= 0.3 is 11.9 Å². The van der Waals surface area contributed by atoms with Crippen molar-refractivity contribution in [3.05, 3.63) is 95.6 Å². The molecule has 124 valence electrons. The van der Waals surface area contributed by atoms with E-state index < -0.39 is 11.9 Å². The van der Waals surface area contributed by atoms with Gasteiger partial charge < -0.3 is 9.47 Å². The second-order valence-electron chi connectivity index (χ2n) is 5.48. The van der Waals surface area contributed by atoms with E-state index in [1.54, 1.807) is 60.7 Å². The van der Waals surface area contributed by atoms with E-state index in [2.05, 4.69) is 0 Å². The van der Waals surface area contributed by atoms with Gasteiger partial charge in [-0.2, -0.15) is 0 Å². The molecule has 3 aromatic rings. The van der Waals surface area contributed by atoms with Crippen LogP contribution in [0.5, 0.6) is 11.5 Å². The molecule has 0 aliphatic carbocycles. The average Bonchev–Trinajstić information content (AvgIpc) is 2.64. The van der Waals surface area contributed by atoms with E-state index in [4.69, 9.17) is 9.47 Å². The van der Waals surface area contributed by atoms with E-state index in [-0.39, 0.29) is 0 Å². The summed E-state index contributed by atoms with van der Waals surface area (Å²) in [6.45, 7) is 1.95. The largest absolute Gasteiger partial charge is 0.423 e. The maximum absolute atomic E-state index is 12.1. The van der Waals surface area contributed by atoms with Crippen molar-refractivity contribution in [2.75, 3.05) is 0 Å². The Kier molecular flexibility index (Phi) is 4.90. The number of aryl methyl sites for hydroxylation is 1. The van der Waals surface area contributed by atoms with Gasteiger partial charge in [-0.05, 0) is 55.5 Å². The number of carbonyl (C=O) groups excluding carboxylic acids is 2. The van der Waals surface area contributed by atoms with Crippen molar-refractivity contribution in [1.29, 1.82) is 0 Å². The smallest absolute Gasteiger partial charge is 0.343 e. The highest BCUT2D eigenvalue weighted by atomic mass is 16.5. The van der Waals surface area contributed by atoms with Crippen molar-refractivity contribution in [1.82, 2.24) is 0 Å². The first-order valence-electron chi connectivity index (χ1n) is 7.78. The van der Waals surface area contributed by atoms with Gasteiger partial charge in [-0.1, -0.05) is 35.9 Å². The lowest BCUT2D eigenvalue weighted by molar-refractivity contribution is 0.0719. The minimum Gasteiger partial charge on any atom is -0.423 e. The van der Waals surface area contributed by atoms with Crippen LogP contribution in [0.3, 0.4) is 0 Å². The van der Waals surface area contributed by atoms with Gasteiger partial charge in [0, 0.05) is 0 Å². The Morgan fingerprint density at radius 1 is 0.600 bits per heavy atom. The maximum atomic E-state index is 12.1. The summed E-state index contributed by atoms with van der Waals surface area (Å²) in [5.41, 5.74) is 2.02. The SMILES string of the molecule is Cc1ccc(C(=O)Oc2ccc(OC(=O)c3ccccc3)cc2)cc1. The third-order valence-corrected chi connectivity index (χ3v) is 3.54. The highest BCUT2D eigenvalue weighted by molar-refractivity contribution is 5.91. The van der Waals surface area contributed by atoms with Crippen LogP contribution >= 0.6 is 0 Å². The van der Waals surface area contributed by atoms with E-state index in [9.17, 15) is 9.59 Å². The molecule has 0 unspecified atom stereocenters. The molecule has 0 amide bonds. The molecule has 0 N–H and O–H groups in total. The molecule has 0 aliphatic heterocycles. The van der Waals surface area contributed by atoms with Gasteiger partial charge in [-0.25, -0.2) is 9.59 Å². The number of hydrogen-bond donors (Lipinski definition) is 0. The predicted octanol–water partition coefficient (Wildman–Crippen LogP) is 4.43. The molecule has 3 aromatic carbocycles. The van der Waals surface area contributed by atoms with Gasteiger partial charge in [0.2, 0.25) is 0 Å². The van der Waals surface area contributed by atoms with E-state index in [1.165, 1.54) is 0 Å². The fourth-order valence-corrected chi connectivity index (χ4v) is 2.17. The molecule has 0 aromatic heterocycles. The summed E-state index contributed by atoms with van der Waals surface area (Å²) in [7, 11) is 0. The van der Waals surface area contributed by atoms with E-state index in [1.807, 2.05) is 25.1 Å². The van der Waals surface area contributed by atoms with Gasteiger partial charge in [0.15, 0.2) is 0 Å². The van der Waals surface area contributed by atoms with Gasteiger partial charge in [0.1, 0.15) is 11.5 Å². The molecule has 0 saturated heterocycles. The van der Waals surface area contributed by atoms with Crippen LogP contribution in [0.4, 0.5) is 0 Å². The van der Waals surface area contributed by atoms with E-state index in [0.29, 0.717) is 22.6 Å². The Hall–Kier alpha value is -3.40. The molecule has 0 aliphatic rings. The fourth-order valence-electron chi connectivity index (χ4n) is 2.17. The summed E-state index contributed by atoms with van der Waals surface area (Å²) in [4.78, 5) is 24.0. The van der Waals surface area contributed by atoms with Crippen molar-refractivity contribution in [3.63, 3.8) is 0 Å². The van der Waals surface area contributed by atoms with Crippen LogP contribution < -0.4 is 9.47 Å². The Labute approximate surface area is 145 Å². The van der Waals surface area contributed by atoms with Crippen molar-refractivity contribution < 1.29 is 19.1 Å². The fraction of sp³-hybridized carbons (Fsp3) is 0.0476. The minimum atomic E-state index is -0.440. The van der Waals surface area contributed by atoms with Crippen LogP contribution in [0.15, 0.2) is 78.9 Å². The van der Waals surface area contributed by atoms with Crippen LogP contribution in [0.2, 0.25) is 0 Å². The quantitative estimate of drug-likeness (QED) is 0.524. The monoisotopic (exact) mass is 332 g/mol. The highest BCUT2D eigenvalue weighted by Gasteiger charge is 2.10. The lowest BCUT2D eigenvalue weighted by atomic mass is 10.1. The zero-order chi connectivity index (χ0) is 17.6. The Balaban J connectivity index is 1.63. The molecule has 4 nitrogen and oxygen atoms in total. The van der Waals surface area contributed by atoms with E-state index >= 15 is 0 Å². The first-order valence-corrected chi connectivity index (χ1v) is 7.78. The molecule has 4 heteroatoms. The first kappa shape index (κ1) is 16.5. The standard InChI is InChI=1S/C21H16O4/c1-15-7-9-17(10-8-15)21(23)25-19-13-11-18(12-14-19)24-20(22)16-5-3-2-4-6-16/h2-14H,1H3. The molecule has 0 bridgehead atoms. The van der Waals surface area contributed by atoms with Crippen LogP contribution in [0.25, 0.3) is 0 Å². The second-order valence-corrected chi connectivity index (χ2v) is 5.48. The topological polar surface area (TPSA) is 52.6 Å². The second kappa shape index (κ2) is 7.45. The van der Waals surface area contributed by atoms with Crippen molar-refractivity contribution >= 4 is 11.9 Å². The number of ether oxygens (including phenoxy) is 2. The average molecular weight is 332 g/mol. The zero-order valence-electron chi connectivity index (χ0n) is 13.6. The first-order chi connectivity index (χ1) is 12.1. The molecule has 25 heavy (non-hydrogen) atoms. The summed E-state index contributed by atoms with van der Waals surface area (Å²) in [5, 5.41) is 0. The highest BCUT2D eigenvalue weighted by Crippen LogP contribution is 2.20. The molecule has 3 rings (SSSR count). The van der Waals surface area contributed by atoms with Gasteiger partial charge in [0.25, 0.3) is 0 Å². The van der Waals surface area contributed by atoms with Gasteiger partial charge in [-0.3, -0.25) is 0 Å². The molecular formula is C21H16O4. The van der Waals surface area contributed by atoms with Crippen molar-refractivity contribution in [3.8, 4) is 11.5 Å². The molecular weight excluding hydrogens is 316 g/mol. The molecule has 0 fully saturated rings. The minimum absolute atomic E-state index is 0.379. The molecule has 0 spiro atoms. The van der Waals surface area contributed by atoms with Crippen molar-refractivity contribution in [2.24, 2.45) is 0 Å². The number of benzene rings is 3. The Bertz CT molecular complexity index is 866. The normalized spacial score (nSPS) is 10.1. The lowest BCUT2D eigenvalue weighted by Crippen LogP contribution is -2.09. The lowest BCUT2D eigenvalue weighted by Gasteiger charge is -2.07. The summed E-state index contributed by atoms with van der Waals surface area (Å²) >= 11 is 0. The van der Waals surface area contributed by atoms with Gasteiger partial charge in [-0.15, -0.1) is 0 Å². The van der Waals surface area contributed by atoms with Gasteiger partial charge in [0.05, 0.1) is 11.1 Å². The van der Waals surface area contributed by atoms with E-state index in [0.717, 1.165) is 5.56 Å². The van der Waals surface area contributed by atoms with Crippen LogP contribution in [0.1, 0.15) is 26.3 Å². The summed E-state index contributed by atoms with van der Waals surface area (Å²) in [6.07, 6.45) is 0.